The fourth-order valence-corrected chi connectivity index (χ4v) is 4.06. The fourth-order valence-electron chi connectivity index (χ4n) is 4.06. The van der Waals surface area contributed by atoms with Crippen LogP contribution < -0.4 is 5.69 Å². The van der Waals surface area contributed by atoms with Crippen LogP contribution >= 0.6 is 0 Å². The molecule has 0 unspecified atom stereocenters. The van der Waals surface area contributed by atoms with Crippen molar-refractivity contribution >= 4 is 0 Å². The average Bonchev–Trinajstić information content (AvgIpc) is 3.62. The highest BCUT2D eigenvalue weighted by atomic mass is 19.1. The van der Waals surface area contributed by atoms with Gasteiger partial charge in [-0.1, -0.05) is 18.2 Å². The molecule has 2 aromatic carbocycles. The Kier molecular flexibility index (Phi) is 5.98. The molecule has 0 amide bonds. The summed E-state index contributed by atoms with van der Waals surface area (Å²) in [6.07, 6.45) is 7.11. The Bertz CT molecular complexity index is 1510. The third-order valence-corrected chi connectivity index (χ3v) is 6.02. The molecule has 5 rings (SSSR count). The van der Waals surface area contributed by atoms with Crippen molar-refractivity contribution in [2.75, 3.05) is 0 Å². The molecule has 0 saturated carbocycles. The summed E-state index contributed by atoms with van der Waals surface area (Å²) in [6.45, 7) is 1.74. The van der Waals surface area contributed by atoms with Gasteiger partial charge in [0.05, 0.1) is 37.2 Å². The minimum Gasteiger partial charge on any atom is -0.381 e. The predicted octanol–water partition coefficient (Wildman–Crippen LogP) is 1.69. The molecule has 2 atom stereocenters. The molecule has 1 N–H and O–H groups in total. The Morgan fingerprint density at radius 2 is 1.75 bits per heavy atom. The summed E-state index contributed by atoms with van der Waals surface area (Å²) in [5.41, 5.74) is -1.30. The molecule has 0 fully saturated rings. The minimum absolute atomic E-state index is 0.204. The van der Waals surface area contributed by atoms with Crippen LogP contribution in [0.4, 0.5) is 8.78 Å². The van der Waals surface area contributed by atoms with Crippen LogP contribution in [0.25, 0.3) is 5.69 Å². The lowest BCUT2D eigenvalue weighted by Crippen LogP contribution is -2.44. The summed E-state index contributed by atoms with van der Waals surface area (Å²) in [7, 11) is 0. The number of benzene rings is 2. The molecule has 13 heteroatoms. The van der Waals surface area contributed by atoms with Crippen molar-refractivity contribution in [1.82, 2.24) is 44.1 Å². The van der Waals surface area contributed by atoms with Gasteiger partial charge in [0.1, 0.15) is 36.2 Å². The number of halogens is 2. The van der Waals surface area contributed by atoms with E-state index in [0.29, 0.717) is 18.3 Å². The largest absolute Gasteiger partial charge is 0.381 e. The van der Waals surface area contributed by atoms with Crippen LogP contribution in [0.3, 0.4) is 0 Å². The van der Waals surface area contributed by atoms with Gasteiger partial charge in [-0.25, -0.2) is 32.5 Å². The van der Waals surface area contributed by atoms with Crippen LogP contribution in [-0.2, 0) is 18.7 Å². The van der Waals surface area contributed by atoms with Gasteiger partial charge in [0.25, 0.3) is 0 Å². The Labute approximate surface area is 202 Å². The second-order valence-corrected chi connectivity index (χ2v) is 8.27. The number of rotatable bonds is 8. The molecular formula is C23H21F2N9O2. The lowest BCUT2D eigenvalue weighted by Gasteiger charge is -2.34. The van der Waals surface area contributed by atoms with E-state index < -0.39 is 29.0 Å². The van der Waals surface area contributed by atoms with Gasteiger partial charge in [-0.05, 0) is 30.7 Å². The van der Waals surface area contributed by atoms with Crippen LogP contribution in [0.1, 0.15) is 24.1 Å². The summed E-state index contributed by atoms with van der Waals surface area (Å²) in [4.78, 5) is 18.7. The predicted molar refractivity (Wildman–Crippen MR) is 122 cm³/mol. The molecule has 11 nitrogen and oxygen atoms in total. The van der Waals surface area contributed by atoms with Crippen LogP contribution in [-0.4, -0.2) is 49.2 Å². The molecule has 0 bridgehead atoms. The molecule has 0 saturated heterocycles. The molecule has 0 aliphatic carbocycles. The summed E-state index contributed by atoms with van der Waals surface area (Å²) in [5, 5.41) is 28.0. The second kappa shape index (κ2) is 9.26. The smallest absolute Gasteiger partial charge is 0.350 e. The van der Waals surface area contributed by atoms with Gasteiger partial charge in [-0.3, -0.25) is 0 Å². The Morgan fingerprint density at radius 1 is 1.00 bits per heavy atom. The molecule has 0 radical (unpaired) electrons. The van der Waals surface area contributed by atoms with Crippen molar-refractivity contribution in [2.45, 2.75) is 31.7 Å². The van der Waals surface area contributed by atoms with Crippen LogP contribution in [0.2, 0.25) is 0 Å². The molecule has 3 heterocycles. The van der Waals surface area contributed by atoms with E-state index in [0.717, 1.165) is 22.4 Å². The standard InChI is InChI=1S/C23H21F2N9O2/c1-16(23(36,12-31-14-26-13-29-31)20-7-4-18(24)10-21(20)25)34-22(35)32(15-30-34)19-5-2-17(3-6-19)11-33-27-8-9-28-33/h2-10,13-16,36H,11-12H2,1H3/t16-,23-/m1/s1. The van der Waals surface area contributed by atoms with Gasteiger partial charge in [-0.15, -0.1) is 0 Å². The van der Waals surface area contributed by atoms with E-state index in [9.17, 15) is 18.7 Å². The van der Waals surface area contributed by atoms with Crippen molar-refractivity contribution in [1.29, 1.82) is 0 Å². The summed E-state index contributed by atoms with van der Waals surface area (Å²) in [5.74, 6) is -1.75. The molecule has 0 aliphatic rings. The number of hydrogen-bond donors (Lipinski definition) is 1. The number of nitrogens with zero attached hydrogens (tertiary/aromatic N) is 9. The highest BCUT2D eigenvalue weighted by Crippen LogP contribution is 2.35. The van der Waals surface area contributed by atoms with Gasteiger partial charge in [0, 0.05) is 11.6 Å². The van der Waals surface area contributed by atoms with Crippen LogP contribution in [0, 0.1) is 11.6 Å². The first-order valence-corrected chi connectivity index (χ1v) is 10.9. The fraction of sp³-hybridized carbons (Fsp3) is 0.217. The van der Waals surface area contributed by atoms with Crippen molar-refractivity contribution in [3.8, 4) is 5.69 Å². The maximum Gasteiger partial charge on any atom is 0.350 e. The van der Waals surface area contributed by atoms with Crippen LogP contribution in [0.5, 0.6) is 0 Å². The third kappa shape index (κ3) is 4.31. The van der Waals surface area contributed by atoms with E-state index >= 15 is 0 Å². The zero-order valence-corrected chi connectivity index (χ0v) is 19.1. The molecule has 36 heavy (non-hydrogen) atoms. The van der Waals surface area contributed by atoms with Gasteiger partial charge < -0.3 is 5.11 Å². The topological polar surface area (TPSA) is 121 Å². The minimum atomic E-state index is -2.02. The number of aliphatic hydroxyl groups is 1. The maximum atomic E-state index is 14.8. The molecule has 5 aromatic rings. The lowest BCUT2D eigenvalue weighted by molar-refractivity contribution is -0.0381. The van der Waals surface area contributed by atoms with Gasteiger partial charge >= 0.3 is 5.69 Å². The quantitative estimate of drug-likeness (QED) is 0.349. The summed E-state index contributed by atoms with van der Waals surface area (Å²) in [6, 6.07) is 8.96. The molecule has 184 valence electrons. The Hall–Kier alpha value is -4.52. The zero-order chi connectivity index (χ0) is 25.3. The monoisotopic (exact) mass is 493 g/mol. The Balaban J connectivity index is 1.49. The van der Waals surface area contributed by atoms with Crippen molar-refractivity contribution in [2.24, 2.45) is 0 Å². The van der Waals surface area contributed by atoms with E-state index in [2.05, 4.69) is 25.4 Å². The van der Waals surface area contributed by atoms with Crippen molar-refractivity contribution in [3.63, 3.8) is 0 Å². The van der Waals surface area contributed by atoms with E-state index in [1.54, 1.807) is 24.5 Å². The first-order valence-electron chi connectivity index (χ1n) is 10.9. The summed E-state index contributed by atoms with van der Waals surface area (Å²) < 4.78 is 32.1. The number of aromatic nitrogens is 9. The lowest BCUT2D eigenvalue weighted by atomic mass is 9.86. The molecule has 0 aliphatic heterocycles. The first kappa shape index (κ1) is 23.2. The van der Waals surface area contributed by atoms with Crippen LogP contribution in [0.15, 0.2) is 78.6 Å². The highest BCUT2D eigenvalue weighted by molar-refractivity contribution is 5.34. The number of hydrogen-bond acceptors (Lipinski definition) is 7. The maximum absolute atomic E-state index is 14.8. The van der Waals surface area contributed by atoms with E-state index in [1.807, 2.05) is 12.1 Å². The first-order chi connectivity index (χ1) is 17.3. The normalized spacial score (nSPS) is 14.0. The zero-order valence-electron chi connectivity index (χ0n) is 19.1. The SMILES string of the molecule is C[C@@H](n1ncn(-c2ccc(Cn3nccn3)cc2)c1=O)[C@](O)(Cn1cncn1)c1ccc(F)cc1F. The third-order valence-electron chi connectivity index (χ3n) is 6.02. The highest BCUT2D eigenvalue weighted by Gasteiger charge is 2.41. The van der Waals surface area contributed by atoms with Crippen molar-refractivity contribution in [3.05, 3.63) is 107 Å². The average molecular weight is 493 g/mol. The van der Waals surface area contributed by atoms with E-state index in [1.165, 1.54) is 40.0 Å². The molecular weight excluding hydrogens is 472 g/mol. The van der Waals surface area contributed by atoms with Gasteiger partial charge in [-0.2, -0.15) is 25.2 Å². The van der Waals surface area contributed by atoms with Gasteiger partial charge in [0.2, 0.25) is 0 Å². The summed E-state index contributed by atoms with van der Waals surface area (Å²) >= 11 is 0. The molecule has 3 aromatic heterocycles. The molecule has 0 spiro atoms. The van der Waals surface area contributed by atoms with Gasteiger partial charge in [0.15, 0.2) is 0 Å². The van der Waals surface area contributed by atoms with E-state index in [-0.39, 0.29) is 12.1 Å². The second-order valence-electron chi connectivity index (χ2n) is 8.27. The van der Waals surface area contributed by atoms with Crippen molar-refractivity contribution < 1.29 is 13.9 Å². The Morgan fingerprint density at radius 3 is 2.42 bits per heavy atom. The van der Waals surface area contributed by atoms with E-state index in [4.69, 9.17) is 0 Å².